The van der Waals surface area contributed by atoms with Gasteiger partial charge >= 0.3 is 0 Å². The highest BCUT2D eigenvalue weighted by molar-refractivity contribution is 5.74. The second-order valence-electron chi connectivity index (χ2n) is 5.95. The van der Waals surface area contributed by atoms with E-state index in [9.17, 15) is 5.26 Å². The summed E-state index contributed by atoms with van der Waals surface area (Å²) < 4.78 is 0. The predicted octanol–water partition coefficient (Wildman–Crippen LogP) is 5.15. The Balaban J connectivity index is 2.04. The Hall–Kier alpha value is -3.24. The molecule has 1 aliphatic carbocycles. The minimum Gasteiger partial charge on any atom is -0.177 e. The molecule has 1 heteroatoms. The van der Waals surface area contributed by atoms with Gasteiger partial charge in [-0.25, -0.2) is 0 Å². The number of benzene rings is 3. The summed E-state index contributed by atoms with van der Waals surface area (Å²) >= 11 is 0. The van der Waals surface area contributed by atoms with Gasteiger partial charge in [0.2, 0.25) is 0 Å². The molecule has 4 rings (SSSR count). The fourth-order valence-electron chi connectivity index (χ4n) is 3.58. The minimum atomic E-state index is -0.550. The van der Waals surface area contributed by atoms with E-state index < -0.39 is 5.41 Å². The van der Waals surface area contributed by atoms with E-state index in [-0.39, 0.29) is 0 Å². The Labute approximate surface area is 142 Å². The van der Waals surface area contributed by atoms with Gasteiger partial charge in [0, 0.05) is 18.2 Å². The van der Waals surface area contributed by atoms with Crippen LogP contribution in [0.4, 0.5) is 0 Å². The van der Waals surface area contributed by atoms with Gasteiger partial charge in [0.05, 0.1) is 5.56 Å². The Bertz CT molecular complexity index is 878. The molecular formula is C23H16N+. The molecule has 1 nitrogen and oxygen atoms in total. The van der Waals surface area contributed by atoms with Crippen LogP contribution in [0, 0.1) is 17.2 Å². The second-order valence-corrected chi connectivity index (χ2v) is 5.95. The van der Waals surface area contributed by atoms with Gasteiger partial charge in [-0.05, 0) is 29.3 Å². The van der Waals surface area contributed by atoms with Gasteiger partial charge < -0.3 is 0 Å². The predicted molar refractivity (Wildman–Crippen MR) is 97.1 cm³/mol. The van der Waals surface area contributed by atoms with E-state index in [1.165, 1.54) is 0 Å². The Morgan fingerprint density at radius 2 is 1.25 bits per heavy atom. The van der Waals surface area contributed by atoms with Crippen LogP contribution in [0.1, 0.15) is 22.3 Å². The van der Waals surface area contributed by atoms with Crippen molar-refractivity contribution in [1.29, 1.82) is 5.26 Å². The van der Waals surface area contributed by atoms with Crippen molar-refractivity contribution >= 4 is 6.08 Å². The van der Waals surface area contributed by atoms with Crippen LogP contribution in [0.3, 0.4) is 0 Å². The highest BCUT2D eigenvalue weighted by atomic mass is 14.5. The van der Waals surface area contributed by atoms with Gasteiger partial charge in [0.25, 0.3) is 0 Å². The zero-order chi connectivity index (χ0) is 16.4. The van der Waals surface area contributed by atoms with Crippen LogP contribution in [0.5, 0.6) is 0 Å². The normalized spacial score (nSPS) is 14.7. The number of hydrogen-bond donors (Lipinski definition) is 0. The molecule has 0 N–H and O–H groups in total. The molecule has 0 aromatic heterocycles. The standard InChI is InChI=1S/C23H16N/c24-17-22-21-14-8-7-9-18(21)15-16-23(22,19-10-3-1-4-11-19)20-12-5-2-6-13-20/h1-16H/q+1. The van der Waals surface area contributed by atoms with Crippen molar-refractivity contribution in [2.24, 2.45) is 0 Å². The smallest absolute Gasteiger partial charge is 0.166 e. The number of rotatable bonds is 2. The van der Waals surface area contributed by atoms with Gasteiger partial charge in [0.15, 0.2) is 17.6 Å². The molecule has 0 heterocycles. The lowest BCUT2D eigenvalue weighted by atomic mass is 9.61. The fourth-order valence-corrected chi connectivity index (χ4v) is 3.58. The molecule has 112 valence electrons. The van der Waals surface area contributed by atoms with Crippen molar-refractivity contribution < 1.29 is 0 Å². The maximum Gasteiger partial charge on any atom is 0.166 e. The topological polar surface area (TPSA) is 23.8 Å². The van der Waals surface area contributed by atoms with Gasteiger partial charge in [0.1, 0.15) is 5.41 Å². The quantitative estimate of drug-likeness (QED) is 0.601. The van der Waals surface area contributed by atoms with Crippen molar-refractivity contribution in [3.63, 3.8) is 0 Å². The van der Waals surface area contributed by atoms with Crippen LogP contribution < -0.4 is 0 Å². The lowest BCUT2D eigenvalue weighted by molar-refractivity contribution is 0.710. The van der Waals surface area contributed by atoms with Gasteiger partial charge in [-0.15, -0.1) is 0 Å². The lowest BCUT2D eigenvalue weighted by Crippen LogP contribution is -2.35. The van der Waals surface area contributed by atoms with Gasteiger partial charge in [-0.3, -0.25) is 0 Å². The first-order valence-corrected chi connectivity index (χ1v) is 8.03. The molecule has 3 aromatic rings. The molecule has 0 unspecified atom stereocenters. The monoisotopic (exact) mass is 306 g/mol. The Kier molecular flexibility index (Phi) is 3.44. The zero-order valence-electron chi connectivity index (χ0n) is 13.2. The van der Waals surface area contributed by atoms with E-state index in [4.69, 9.17) is 0 Å². The van der Waals surface area contributed by atoms with Crippen LogP contribution in [0.25, 0.3) is 6.08 Å². The first-order valence-electron chi connectivity index (χ1n) is 8.03. The average Bonchev–Trinajstić information content (AvgIpc) is 2.68. The molecule has 0 saturated heterocycles. The second kappa shape index (κ2) is 5.76. The molecule has 0 amide bonds. The SMILES string of the molecule is N#C[C+]1c2ccccc2C=CC1(c1ccccc1)c1ccccc1. The van der Waals surface area contributed by atoms with E-state index in [2.05, 4.69) is 48.6 Å². The van der Waals surface area contributed by atoms with Crippen molar-refractivity contribution in [2.45, 2.75) is 5.41 Å². The van der Waals surface area contributed by atoms with Crippen molar-refractivity contribution in [3.05, 3.63) is 119 Å². The van der Waals surface area contributed by atoms with Crippen molar-refractivity contribution in [1.82, 2.24) is 0 Å². The molecule has 0 aliphatic heterocycles. The number of nitriles is 1. The highest BCUT2D eigenvalue weighted by Crippen LogP contribution is 2.48. The molecular weight excluding hydrogens is 290 g/mol. The van der Waals surface area contributed by atoms with Crippen LogP contribution >= 0.6 is 0 Å². The summed E-state index contributed by atoms with van der Waals surface area (Å²) in [5, 5.41) is 10.1. The third kappa shape index (κ3) is 2.05. The highest BCUT2D eigenvalue weighted by Gasteiger charge is 2.49. The van der Waals surface area contributed by atoms with Crippen LogP contribution in [-0.4, -0.2) is 0 Å². The maximum atomic E-state index is 10.1. The zero-order valence-corrected chi connectivity index (χ0v) is 13.2. The third-order valence-electron chi connectivity index (χ3n) is 4.71. The first-order chi connectivity index (χ1) is 11.9. The van der Waals surface area contributed by atoms with Gasteiger partial charge in [-0.2, -0.15) is 5.26 Å². The number of fused-ring (bicyclic) bond motifs is 1. The molecule has 0 spiro atoms. The van der Waals surface area contributed by atoms with E-state index in [0.717, 1.165) is 28.2 Å². The van der Waals surface area contributed by atoms with Gasteiger partial charge in [-0.1, -0.05) is 60.7 Å². The average molecular weight is 306 g/mol. The lowest BCUT2D eigenvalue weighted by Gasteiger charge is -2.34. The maximum absolute atomic E-state index is 10.1. The number of nitrogens with zero attached hydrogens (tertiary/aromatic N) is 1. The van der Waals surface area contributed by atoms with Crippen molar-refractivity contribution in [3.8, 4) is 6.07 Å². The summed E-state index contributed by atoms with van der Waals surface area (Å²) in [6, 6.07) is 31.2. The Morgan fingerprint density at radius 1 is 0.708 bits per heavy atom. The molecule has 3 aromatic carbocycles. The first kappa shape index (κ1) is 14.4. The molecule has 1 aliphatic rings. The molecule has 0 bridgehead atoms. The summed E-state index contributed by atoms with van der Waals surface area (Å²) in [5.41, 5.74) is 3.77. The molecule has 24 heavy (non-hydrogen) atoms. The molecule has 0 saturated carbocycles. The summed E-state index contributed by atoms with van der Waals surface area (Å²) in [7, 11) is 0. The summed E-state index contributed by atoms with van der Waals surface area (Å²) in [6.07, 6.45) is 4.30. The van der Waals surface area contributed by atoms with Crippen molar-refractivity contribution in [2.75, 3.05) is 0 Å². The van der Waals surface area contributed by atoms with E-state index in [1.54, 1.807) is 0 Å². The van der Waals surface area contributed by atoms with Crippen LogP contribution in [0.2, 0.25) is 0 Å². The Morgan fingerprint density at radius 3 is 1.83 bits per heavy atom. The minimum absolute atomic E-state index is 0.550. The third-order valence-corrected chi connectivity index (χ3v) is 4.71. The summed E-state index contributed by atoms with van der Waals surface area (Å²) in [4.78, 5) is 0. The molecule has 0 fully saturated rings. The largest absolute Gasteiger partial charge is 0.177 e. The van der Waals surface area contributed by atoms with E-state index in [0.29, 0.717) is 0 Å². The van der Waals surface area contributed by atoms with E-state index in [1.807, 2.05) is 54.6 Å². The molecule has 0 atom stereocenters. The fraction of sp³-hybridized carbons (Fsp3) is 0.0435. The summed E-state index contributed by atoms with van der Waals surface area (Å²) in [5.74, 6) is 0.776. The summed E-state index contributed by atoms with van der Waals surface area (Å²) in [6.45, 7) is 0. The van der Waals surface area contributed by atoms with Crippen LogP contribution in [-0.2, 0) is 5.41 Å². The number of hydrogen-bond acceptors (Lipinski definition) is 1. The van der Waals surface area contributed by atoms with E-state index >= 15 is 0 Å². The number of allylic oxidation sites excluding steroid dienone is 1. The van der Waals surface area contributed by atoms with Crippen LogP contribution in [0.15, 0.2) is 91.0 Å². The molecule has 0 radical (unpaired) electrons.